The van der Waals surface area contributed by atoms with Gasteiger partial charge in [-0.2, -0.15) is 5.10 Å². The number of hydrogen-bond donors (Lipinski definition) is 0. The van der Waals surface area contributed by atoms with Gasteiger partial charge in [0.1, 0.15) is 0 Å². The maximum absolute atomic E-state index is 13.5. The summed E-state index contributed by atoms with van der Waals surface area (Å²) in [4.78, 5) is 34.0. The molecule has 3 heterocycles. The Morgan fingerprint density at radius 3 is 2.44 bits per heavy atom. The van der Waals surface area contributed by atoms with Gasteiger partial charge in [-0.3, -0.25) is 9.59 Å². The molecule has 0 N–H and O–H groups in total. The summed E-state index contributed by atoms with van der Waals surface area (Å²) < 4.78 is 25.8. The fourth-order valence-corrected chi connectivity index (χ4v) is 6.16. The lowest BCUT2D eigenvalue weighted by Crippen LogP contribution is -2.41. The highest BCUT2D eigenvalue weighted by molar-refractivity contribution is 7.91. The standard InChI is InChI=1S/C22H31N5O4S/c1-5-26(6-2)19(28)12-25(4)22(29)17-11-18(15-7-8-15)23-21-20(17)14(3)24-27(21)16-9-10-32(30,31)13-16/h11,15-16H,5-10,12-13H2,1-4H3. The van der Waals surface area contributed by atoms with Crippen molar-refractivity contribution >= 4 is 32.7 Å². The zero-order valence-corrected chi connectivity index (χ0v) is 20.0. The van der Waals surface area contributed by atoms with Crippen LogP contribution < -0.4 is 0 Å². The van der Waals surface area contributed by atoms with E-state index in [4.69, 9.17) is 4.98 Å². The van der Waals surface area contributed by atoms with Gasteiger partial charge < -0.3 is 9.80 Å². The van der Waals surface area contributed by atoms with Crippen LogP contribution in [-0.2, 0) is 14.6 Å². The summed E-state index contributed by atoms with van der Waals surface area (Å²) in [6, 6.07) is 1.56. The van der Waals surface area contributed by atoms with Crippen LogP contribution in [-0.4, -0.2) is 83.0 Å². The molecule has 2 aromatic rings. The number of aromatic nitrogens is 3. The van der Waals surface area contributed by atoms with Crippen molar-refractivity contribution in [2.24, 2.45) is 0 Å². The highest BCUT2D eigenvalue weighted by Gasteiger charge is 2.34. The second kappa shape index (κ2) is 8.46. The van der Waals surface area contributed by atoms with E-state index in [-0.39, 0.29) is 35.9 Å². The van der Waals surface area contributed by atoms with Crippen LogP contribution in [0.4, 0.5) is 0 Å². The van der Waals surface area contributed by atoms with E-state index in [9.17, 15) is 18.0 Å². The number of nitrogens with zero attached hydrogens (tertiary/aromatic N) is 5. The first-order valence-electron chi connectivity index (χ1n) is 11.3. The van der Waals surface area contributed by atoms with Gasteiger partial charge in [-0.1, -0.05) is 0 Å². The third-order valence-electron chi connectivity index (χ3n) is 6.47. The van der Waals surface area contributed by atoms with Crippen LogP contribution in [0.1, 0.15) is 66.8 Å². The number of likely N-dealkylation sites (N-methyl/N-ethyl adjacent to an activating group) is 2. The van der Waals surface area contributed by atoms with Crippen LogP contribution in [0.5, 0.6) is 0 Å². The minimum Gasteiger partial charge on any atom is -0.342 e. The zero-order valence-electron chi connectivity index (χ0n) is 19.2. The number of sulfone groups is 1. The highest BCUT2D eigenvalue weighted by atomic mass is 32.2. The second-order valence-electron chi connectivity index (χ2n) is 8.88. The maximum atomic E-state index is 13.5. The Kier molecular flexibility index (Phi) is 6.00. The van der Waals surface area contributed by atoms with Crippen molar-refractivity contribution in [1.82, 2.24) is 24.6 Å². The molecule has 0 bridgehead atoms. The number of carbonyl (C=O) groups excluding carboxylic acids is 2. The SMILES string of the molecule is CCN(CC)C(=O)CN(C)C(=O)c1cc(C2CC2)nc2c1c(C)nn2C1CCS(=O)(=O)C1. The van der Waals surface area contributed by atoms with Crippen molar-refractivity contribution in [3.63, 3.8) is 0 Å². The average molecular weight is 462 g/mol. The van der Waals surface area contributed by atoms with Gasteiger partial charge >= 0.3 is 0 Å². The molecule has 9 nitrogen and oxygen atoms in total. The third kappa shape index (κ3) is 4.24. The van der Waals surface area contributed by atoms with Gasteiger partial charge in [0.2, 0.25) is 5.91 Å². The summed E-state index contributed by atoms with van der Waals surface area (Å²) in [7, 11) is -1.45. The number of amides is 2. The van der Waals surface area contributed by atoms with Crippen LogP contribution in [0.2, 0.25) is 0 Å². The summed E-state index contributed by atoms with van der Waals surface area (Å²) >= 11 is 0. The molecule has 2 amide bonds. The van der Waals surface area contributed by atoms with Gasteiger partial charge in [0.15, 0.2) is 15.5 Å². The topological polar surface area (TPSA) is 105 Å². The molecule has 0 radical (unpaired) electrons. The molecule has 1 aliphatic carbocycles. The van der Waals surface area contributed by atoms with Crippen LogP contribution in [0.3, 0.4) is 0 Å². The van der Waals surface area contributed by atoms with Crippen molar-refractivity contribution in [3.8, 4) is 0 Å². The van der Waals surface area contributed by atoms with E-state index in [2.05, 4.69) is 5.10 Å². The van der Waals surface area contributed by atoms with Crippen LogP contribution in [0.25, 0.3) is 11.0 Å². The van der Waals surface area contributed by atoms with E-state index in [0.717, 1.165) is 18.5 Å². The summed E-state index contributed by atoms with van der Waals surface area (Å²) in [5.41, 5.74) is 2.54. The lowest BCUT2D eigenvalue weighted by atomic mass is 10.1. The molecule has 4 rings (SSSR count). The molecular formula is C22H31N5O4S. The fourth-order valence-electron chi connectivity index (χ4n) is 4.47. The lowest BCUT2D eigenvalue weighted by Gasteiger charge is -2.23. The molecule has 0 spiro atoms. The Hall–Kier alpha value is -2.49. The molecule has 1 atom stereocenters. The molecule has 1 unspecified atom stereocenters. The lowest BCUT2D eigenvalue weighted by molar-refractivity contribution is -0.131. The molecule has 1 saturated carbocycles. The molecule has 174 valence electrons. The van der Waals surface area contributed by atoms with Crippen LogP contribution in [0.15, 0.2) is 6.07 Å². The average Bonchev–Trinajstić information content (AvgIpc) is 3.46. The minimum atomic E-state index is -3.09. The minimum absolute atomic E-state index is 0.00283. The predicted octanol–water partition coefficient (Wildman–Crippen LogP) is 1.92. The zero-order chi connectivity index (χ0) is 23.2. The van der Waals surface area contributed by atoms with Crippen LogP contribution >= 0.6 is 0 Å². The predicted molar refractivity (Wildman–Crippen MR) is 121 cm³/mol. The molecule has 1 saturated heterocycles. The number of rotatable bonds is 7. The Bertz CT molecular complexity index is 1160. The normalized spacial score (nSPS) is 19.9. The third-order valence-corrected chi connectivity index (χ3v) is 8.22. The first-order valence-corrected chi connectivity index (χ1v) is 13.1. The van der Waals surface area contributed by atoms with Gasteiger partial charge in [0.05, 0.1) is 40.7 Å². The smallest absolute Gasteiger partial charge is 0.254 e. The van der Waals surface area contributed by atoms with Gasteiger partial charge in [-0.15, -0.1) is 0 Å². The van der Waals surface area contributed by atoms with E-state index < -0.39 is 9.84 Å². The van der Waals surface area contributed by atoms with Gasteiger partial charge in [0, 0.05) is 31.7 Å². The van der Waals surface area contributed by atoms with Gasteiger partial charge in [0.25, 0.3) is 5.91 Å². The molecular weight excluding hydrogens is 430 g/mol. The van der Waals surface area contributed by atoms with E-state index in [0.29, 0.717) is 47.7 Å². The fraction of sp³-hybridized carbons (Fsp3) is 0.636. The maximum Gasteiger partial charge on any atom is 0.254 e. The van der Waals surface area contributed by atoms with Crippen molar-refractivity contribution in [1.29, 1.82) is 0 Å². The van der Waals surface area contributed by atoms with E-state index >= 15 is 0 Å². The monoisotopic (exact) mass is 461 g/mol. The van der Waals surface area contributed by atoms with Crippen molar-refractivity contribution < 1.29 is 18.0 Å². The first-order chi connectivity index (χ1) is 15.1. The van der Waals surface area contributed by atoms with E-state index in [1.54, 1.807) is 16.6 Å². The Morgan fingerprint density at radius 1 is 1.19 bits per heavy atom. The molecule has 32 heavy (non-hydrogen) atoms. The molecule has 1 aliphatic heterocycles. The molecule has 2 aliphatic rings. The largest absolute Gasteiger partial charge is 0.342 e. The summed E-state index contributed by atoms with van der Waals surface area (Å²) in [6.07, 6.45) is 2.54. The number of aryl methyl sites for hydroxylation is 1. The first kappa shape index (κ1) is 22.7. The Morgan fingerprint density at radius 2 is 1.88 bits per heavy atom. The Labute approximate surface area is 188 Å². The Balaban J connectivity index is 1.74. The number of fused-ring (bicyclic) bond motifs is 1. The molecule has 10 heteroatoms. The summed E-state index contributed by atoms with van der Waals surface area (Å²) in [5, 5.41) is 5.26. The van der Waals surface area contributed by atoms with Crippen molar-refractivity contribution in [3.05, 3.63) is 23.0 Å². The second-order valence-corrected chi connectivity index (χ2v) is 11.1. The molecule has 2 fully saturated rings. The summed E-state index contributed by atoms with van der Waals surface area (Å²) in [5.74, 6) is 0.149. The number of carbonyl (C=O) groups is 2. The van der Waals surface area contributed by atoms with E-state index in [1.807, 2.05) is 26.8 Å². The van der Waals surface area contributed by atoms with Crippen molar-refractivity contribution in [2.45, 2.75) is 52.0 Å². The number of hydrogen-bond acceptors (Lipinski definition) is 6. The van der Waals surface area contributed by atoms with Gasteiger partial charge in [-0.25, -0.2) is 18.1 Å². The highest BCUT2D eigenvalue weighted by Crippen LogP contribution is 2.41. The van der Waals surface area contributed by atoms with Crippen molar-refractivity contribution in [2.75, 3.05) is 38.2 Å². The quantitative estimate of drug-likeness (QED) is 0.624. The molecule has 0 aromatic carbocycles. The summed E-state index contributed by atoms with van der Waals surface area (Å²) in [6.45, 7) is 6.84. The molecule has 2 aromatic heterocycles. The number of pyridine rings is 1. The van der Waals surface area contributed by atoms with Gasteiger partial charge in [-0.05, 0) is 46.1 Å². The van der Waals surface area contributed by atoms with Crippen LogP contribution in [0, 0.1) is 6.92 Å². The van der Waals surface area contributed by atoms with E-state index in [1.165, 1.54) is 4.90 Å².